The molecule has 0 spiro atoms. The van der Waals surface area contributed by atoms with Crippen molar-refractivity contribution in [2.75, 3.05) is 32.2 Å². The van der Waals surface area contributed by atoms with Crippen LogP contribution in [0.2, 0.25) is 0 Å². The normalized spacial score (nSPS) is 11.9. The van der Waals surface area contributed by atoms with Crippen LogP contribution in [0.4, 0.5) is 5.69 Å². The second-order valence-corrected chi connectivity index (χ2v) is 5.59. The highest BCUT2D eigenvalue weighted by Gasteiger charge is 2.21. The molecular weight excluding hydrogens is 348 g/mol. The van der Waals surface area contributed by atoms with E-state index < -0.39 is 5.91 Å². The summed E-state index contributed by atoms with van der Waals surface area (Å²) in [5.41, 5.74) is 0.992. The van der Waals surface area contributed by atoms with Crippen LogP contribution in [0.3, 0.4) is 0 Å². The number of amides is 2. The fraction of sp³-hybridized carbons (Fsp3) is 0.200. The molecule has 7 nitrogen and oxygen atoms in total. The van der Waals surface area contributed by atoms with E-state index in [0.29, 0.717) is 47.3 Å². The van der Waals surface area contributed by atoms with Gasteiger partial charge in [-0.25, -0.2) is 0 Å². The first kappa shape index (κ1) is 18.1. The second kappa shape index (κ2) is 8.15. The van der Waals surface area contributed by atoms with Gasteiger partial charge in [0, 0.05) is 5.56 Å². The van der Waals surface area contributed by atoms with E-state index in [9.17, 15) is 9.59 Å². The van der Waals surface area contributed by atoms with Crippen LogP contribution in [0.25, 0.3) is 0 Å². The monoisotopic (exact) mass is 366 g/mol. The smallest absolute Gasteiger partial charge is 0.255 e. The second-order valence-electron chi connectivity index (χ2n) is 5.59. The molecule has 0 bridgehead atoms. The highest BCUT2D eigenvalue weighted by molar-refractivity contribution is 6.09. The highest BCUT2D eigenvalue weighted by atomic mass is 16.6. The molecular formula is C20H18N2O5. The number of nitrogens with one attached hydrogen (secondary N) is 2. The largest absolute Gasteiger partial charge is 0.493 e. The first-order valence-corrected chi connectivity index (χ1v) is 8.23. The number of hydrogen-bond acceptors (Lipinski definition) is 5. The lowest BCUT2D eigenvalue weighted by Gasteiger charge is -2.21. The maximum Gasteiger partial charge on any atom is 0.255 e. The van der Waals surface area contributed by atoms with Gasteiger partial charge in [-0.2, -0.15) is 0 Å². The van der Waals surface area contributed by atoms with E-state index in [-0.39, 0.29) is 12.5 Å². The Labute approximate surface area is 156 Å². The first-order valence-electron chi connectivity index (χ1n) is 8.23. The van der Waals surface area contributed by atoms with E-state index in [0.717, 1.165) is 0 Å². The van der Waals surface area contributed by atoms with Gasteiger partial charge in [-0.15, -0.1) is 6.42 Å². The van der Waals surface area contributed by atoms with Crippen LogP contribution in [0.15, 0.2) is 36.4 Å². The van der Waals surface area contributed by atoms with Crippen molar-refractivity contribution < 1.29 is 23.8 Å². The number of hydrogen-bond donors (Lipinski definition) is 2. The van der Waals surface area contributed by atoms with Gasteiger partial charge < -0.3 is 24.8 Å². The van der Waals surface area contributed by atoms with E-state index >= 15 is 0 Å². The molecule has 0 unspecified atom stereocenters. The Morgan fingerprint density at radius 2 is 1.96 bits per heavy atom. The SMILES string of the molecule is C#CCNC(=O)c1ccccc1NC(=O)c1cc(OC)c2c(c1)OCCO2. The molecule has 0 fully saturated rings. The zero-order valence-electron chi connectivity index (χ0n) is 14.7. The number of fused-ring (bicyclic) bond motifs is 1. The Balaban J connectivity index is 1.86. The number of carbonyl (C=O) groups is 2. The zero-order chi connectivity index (χ0) is 19.2. The van der Waals surface area contributed by atoms with Gasteiger partial charge in [-0.05, 0) is 24.3 Å². The number of anilines is 1. The summed E-state index contributed by atoms with van der Waals surface area (Å²) in [4.78, 5) is 24.9. The maximum absolute atomic E-state index is 12.7. The number of carbonyl (C=O) groups excluding carboxylic acids is 2. The van der Waals surface area contributed by atoms with Gasteiger partial charge in [0.1, 0.15) is 13.2 Å². The van der Waals surface area contributed by atoms with E-state index in [1.54, 1.807) is 36.4 Å². The molecule has 0 saturated heterocycles. The molecule has 138 valence electrons. The van der Waals surface area contributed by atoms with Gasteiger partial charge in [-0.1, -0.05) is 18.1 Å². The standard InChI is InChI=1S/C20H18N2O5/c1-3-8-21-20(24)14-6-4-5-7-15(14)22-19(23)13-11-16(25-2)18-17(12-13)26-9-10-27-18/h1,4-7,11-12H,8-10H2,2H3,(H,21,24)(H,22,23). The number of methoxy groups -OCH3 is 1. The summed E-state index contributed by atoms with van der Waals surface area (Å²) in [6, 6.07) is 9.80. The lowest BCUT2D eigenvalue weighted by Crippen LogP contribution is -2.25. The third kappa shape index (κ3) is 3.96. The van der Waals surface area contributed by atoms with Gasteiger partial charge in [0.2, 0.25) is 5.75 Å². The summed E-state index contributed by atoms with van der Waals surface area (Å²) in [5, 5.41) is 5.32. The van der Waals surface area contributed by atoms with Gasteiger partial charge in [0.05, 0.1) is 24.9 Å². The number of ether oxygens (including phenoxy) is 3. The third-order valence-electron chi connectivity index (χ3n) is 3.86. The van der Waals surface area contributed by atoms with Crippen molar-refractivity contribution in [3.8, 4) is 29.6 Å². The Bertz CT molecular complexity index is 900. The number of para-hydroxylation sites is 1. The van der Waals surface area contributed by atoms with E-state index in [1.165, 1.54) is 7.11 Å². The Morgan fingerprint density at radius 3 is 2.74 bits per heavy atom. The molecule has 1 aliphatic rings. The van der Waals surface area contributed by atoms with Crippen LogP contribution in [0.1, 0.15) is 20.7 Å². The molecule has 0 atom stereocenters. The van der Waals surface area contributed by atoms with E-state index in [4.69, 9.17) is 20.6 Å². The van der Waals surface area contributed by atoms with Crippen molar-refractivity contribution in [3.05, 3.63) is 47.5 Å². The molecule has 27 heavy (non-hydrogen) atoms. The Hall–Kier alpha value is -3.66. The molecule has 1 heterocycles. The van der Waals surface area contributed by atoms with Crippen molar-refractivity contribution in [2.45, 2.75) is 0 Å². The summed E-state index contributed by atoms with van der Waals surface area (Å²) >= 11 is 0. The van der Waals surface area contributed by atoms with E-state index in [1.807, 2.05) is 0 Å². The van der Waals surface area contributed by atoms with Gasteiger partial charge in [0.15, 0.2) is 11.5 Å². The average Bonchev–Trinajstić information content (AvgIpc) is 2.71. The lowest BCUT2D eigenvalue weighted by molar-refractivity contribution is 0.0959. The van der Waals surface area contributed by atoms with Crippen LogP contribution < -0.4 is 24.8 Å². The maximum atomic E-state index is 12.7. The topological polar surface area (TPSA) is 85.9 Å². The van der Waals surface area contributed by atoms with Gasteiger partial charge >= 0.3 is 0 Å². The molecule has 3 rings (SSSR count). The number of benzene rings is 2. The number of terminal acetylenes is 1. The molecule has 2 aromatic rings. The van der Waals surface area contributed by atoms with Crippen LogP contribution in [0.5, 0.6) is 17.2 Å². The molecule has 0 aliphatic carbocycles. The lowest BCUT2D eigenvalue weighted by atomic mass is 10.1. The average molecular weight is 366 g/mol. The molecule has 1 aliphatic heterocycles. The van der Waals surface area contributed by atoms with Crippen LogP contribution >= 0.6 is 0 Å². The first-order chi connectivity index (χ1) is 13.1. The van der Waals surface area contributed by atoms with Crippen molar-refractivity contribution in [1.29, 1.82) is 0 Å². The molecule has 7 heteroatoms. The molecule has 0 saturated carbocycles. The quantitative estimate of drug-likeness (QED) is 0.792. The molecule has 0 radical (unpaired) electrons. The molecule has 2 amide bonds. The predicted octanol–water partition coefficient (Wildman–Crippen LogP) is 2.08. The van der Waals surface area contributed by atoms with Crippen LogP contribution in [-0.2, 0) is 0 Å². The van der Waals surface area contributed by atoms with Crippen LogP contribution in [-0.4, -0.2) is 38.7 Å². The predicted molar refractivity (Wildman–Crippen MR) is 99.5 cm³/mol. The highest BCUT2D eigenvalue weighted by Crippen LogP contribution is 2.40. The van der Waals surface area contributed by atoms with E-state index in [2.05, 4.69) is 16.6 Å². The Morgan fingerprint density at radius 1 is 1.19 bits per heavy atom. The third-order valence-corrected chi connectivity index (χ3v) is 3.86. The fourth-order valence-electron chi connectivity index (χ4n) is 2.62. The molecule has 2 N–H and O–H groups in total. The van der Waals surface area contributed by atoms with Crippen molar-refractivity contribution >= 4 is 17.5 Å². The molecule has 2 aromatic carbocycles. The summed E-state index contributed by atoms with van der Waals surface area (Å²) in [7, 11) is 1.49. The number of rotatable bonds is 5. The molecule has 0 aromatic heterocycles. The summed E-state index contributed by atoms with van der Waals surface area (Å²) in [5.74, 6) is 2.85. The van der Waals surface area contributed by atoms with Crippen molar-refractivity contribution in [1.82, 2.24) is 5.32 Å². The zero-order valence-corrected chi connectivity index (χ0v) is 14.7. The minimum Gasteiger partial charge on any atom is -0.493 e. The van der Waals surface area contributed by atoms with Gasteiger partial charge in [0.25, 0.3) is 11.8 Å². The summed E-state index contributed by atoms with van der Waals surface area (Å²) in [6.45, 7) is 0.898. The van der Waals surface area contributed by atoms with Crippen molar-refractivity contribution in [2.24, 2.45) is 0 Å². The Kier molecular flexibility index (Phi) is 5.47. The fourth-order valence-corrected chi connectivity index (χ4v) is 2.62. The van der Waals surface area contributed by atoms with Gasteiger partial charge in [-0.3, -0.25) is 9.59 Å². The summed E-state index contributed by atoms with van der Waals surface area (Å²) in [6.07, 6.45) is 5.16. The van der Waals surface area contributed by atoms with Crippen molar-refractivity contribution in [3.63, 3.8) is 0 Å². The summed E-state index contributed by atoms with van der Waals surface area (Å²) < 4.78 is 16.4. The minimum absolute atomic E-state index is 0.0977. The van der Waals surface area contributed by atoms with Crippen LogP contribution in [0, 0.1) is 12.3 Å². The minimum atomic E-state index is -0.414.